The highest BCUT2D eigenvalue weighted by atomic mass is 35.5. The maximum atomic E-state index is 12.0. The Balaban J connectivity index is 0. The Morgan fingerprint density at radius 2 is 1.74 bits per heavy atom. The van der Waals surface area contributed by atoms with Crippen molar-refractivity contribution >= 4 is 30.7 Å². The molecule has 0 radical (unpaired) electrons. The van der Waals surface area contributed by atoms with Gasteiger partial charge < -0.3 is 20.7 Å². The minimum absolute atomic E-state index is 0. The number of nitrogens with two attached hydrogens (primary N) is 1. The van der Waals surface area contributed by atoms with Gasteiger partial charge in [-0.25, -0.2) is 0 Å². The number of carbonyl (C=O) groups excluding carboxylic acids is 1. The molecule has 7 heteroatoms. The van der Waals surface area contributed by atoms with Crippen LogP contribution in [0, 0.1) is 5.92 Å². The summed E-state index contributed by atoms with van der Waals surface area (Å²) >= 11 is 0. The van der Waals surface area contributed by atoms with E-state index in [2.05, 4.69) is 24.1 Å². The molecule has 1 heterocycles. The predicted octanol–water partition coefficient (Wildman–Crippen LogP) is 2.21. The normalized spacial score (nSPS) is 16.3. The second-order valence-corrected chi connectivity index (χ2v) is 5.96. The van der Waals surface area contributed by atoms with Crippen LogP contribution in [0.3, 0.4) is 0 Å². The monoisotopic (exact) mass is 371 g/mol. The Bertz CT molecular complexity index is 284. The molecule has 23 heavy (non-hydrogen) atoms. The van der Waals surface area contributed by atoms with Crippen molar-refractivity contribution < 1.29 is 9.53 Å². The van der Waals surface area contributed by atoms with Crippen molar-refractivity contribution in [2.75, 3.05) is 39.4 Å². The summed E-state index contributed by atoms with van der Waals surface area (Å²) in [6.45, 7) is 9.93. The van der Waals surface area contributed by atoms with E-state index in [4.69, 9.17) is 10.5 Å². The lowest BCUT2D eigenvalue weighted by Crippen LogP contribution is -2.47. The van der Waals surface area contributed by atoms with Gasteiger partial charge in [0, 0.05) is 19.8 Å². The van der Waals surface area contributed by atoms with Gasteiger partial charge in [-0.2, -0.15) is 0 Å². The highest BCUT2D eigenvalue weighted by Crippen LogP contribution is 2.17. The number of hydrogen-bond donors (Lipinski definition) is 2. The third-order valence-electron chi connectivity index (χ3n) is 4.11. The van der Waals surface area contributed by atoms with Crippen LogP contribution in [0.15, 0.2) is 0 Å². The zero-order valence-electron chi connectivity index (χ0n) is 14.6. The van der Waals surface area contributed by atoms with E-state index in [9.17, 15) is 4.79 Å². The molecule has 1 atom stereocenters. The molecular weight excluding hydrogens is 337 g/mol. The first-order chi connectivity index (χ1) is 10.2. The van der Waals surface area contributed by atoms with Gasteiger partial charge in [0.1, 0.15) is 0 Å². The van der Waals surface area contributed by atoms with Crippen LogP contribution in [-0.2, 0) is 9.53 Å². The molecule has 1 fully saturated rings. The van der Waals surface area contributed by atoms with Gasteiger partial charge in [-0.3, -0.25) is 4.79 Å². The zero-order chi connectivity index (χ0) is 15.5. The van der Waals surface area contributed by atoms with E-state index in [1.54, 1.807) is 0 Å². The summed E-state index contributed by atoms with van der Waals surface area (Å²) in [6, 6.07) is -0.378. The van der Waals surface area contributed by atoms with Crippen molar-refractivity contribution in [2.24, 2.45) is 11.7 Å². The minimum atomic E-state index is -0.378. The van der Waals surface area contributed by atoms with Gasteiger partial charge in [0.05, 0.1) is 6.04 Å². The van der Waals surface area contributed by atoms with Gasteiger partial charge in [-0.15, -0.1) is 24.8 Å². The van der Waals surface area contributed by atoms with Crippen molar-refractivity contribution in [1.29, 1.82) is 0 Å². The van der Waals surface area contributed by atoms with E-state index < -0.39 is 0 Å². The Morgan fingerprint density at radius 3 is 2.26 bits per heavy atom. The van der Waals surface area contributed by atoms with Crippen LogP contribution >= 0.6 is 24.8 Å². The highest BCUT2D eigenvalue weighted by Gasteiger charge is 2.26. The van der Waals surface area contributed by atoms with Crippen LogP contribution < -0.4 is 11.1 Å². The lowest BCUT2D eigenvalue weighted by molar-refractivity contribution is -0.124. The lowest BCUT2D eigenvalue weighted by Gasteiger charge is -2.27. The van der Waals surface area contributed by atoms with Gasteiger partial charge in [-0.05, 0) is 57.7 Å². The molecular formula is C16H35Cl2N3O2. The molecule has 1 unspecified atom stereocenters. The molecule has 1 rings (SSSR count). The molecule has 0 aromatic heterocycles. The van der Waals surface area contributed by atoms with Crippen LogP contribution in [0.4, 0.5) is 0 Å². The van der Waals surface area contributed by atoms with Crippen LogP contribution in [0.25, 0.3) is 0 Å². The second kappa shape index (κ2) is 15.5. The molecule has 0 aliphatic carbocycles. The summed E-state index contributed by atoms with van der Waals surface area (Å²) in [5.41, 5.74) is 6.05. The molecule has 1 saturated heterocycles. The topological polar surface area (TPSA) is 67.6 Å². The standard InChI is InChI=1S/C16H33N3O2.2ClH/c1-3-9-19(10-4-2)11-5-8-18-16(20)15(17)14-6-12-21-13-7-14;;/h14-15H,3-13,17H2,1-2H3,(H,18,20);2*1H. The summed E-state index contributed by atoms with van der Waals surface area (Å²) < 4.78 is 5.31. The Kier molecular flexibility index (Phi) is 16.9. The van der Waals surface area contributed by atoms with Crippen LogP contribution in [-0.4, -0.2) is 56.2 Å². The average Bonchev–Trinajstić information content (AvgIpc) is 2.51. The molecule has 1 amide bonds. The molecule has 0 aromatic carbocycles. The van der Waals surface area contributed by atoms with E-state index in [0.29, 0.717) is 0 Å². The van der Waals surface area contributed by atoms with Crippen LogP contribution in [0.2, 0.25) is 0 Å². The summed E-state index contributed by atoms with van der Waals surface area (Å²) in [4.78, 5) is 14.5. The van der Waals surface area contributed by atoms with Gasteiger partial charge >= 0.3 is 0 Å². The Morgan fingerprint density at radius 1 is 1.17 bits per heavy atom. The molecule has 3 N–H and O–H groups in total. The average molecular weight is 372 g/mol. The summed E-state index contributed by atoms with van der Waals surface area (Å²) in [5.74, 6) is 0.273. The molecule has 0 aromatic rings. The highest BCUT2D eigenvalue weighted by molar-refractivity contribution is 5.85. The zero-order valence-corrected chi connectivity index (χ0v) is 16.2. The number of carbonyl (C=O) groups is 1. The SMILES string of the molecule is CCCN(CCC)CCCNC(=O)C(N)C1CCOCC1.Cl.Cl. The fraction of sp³-hybridized carbons (Fsp3) is 0.938. The van der Waals surface area contributed by atoms with Gasteiger partial charge in [-0.1, -0.05) is 13.8 Å². The van der Waals surface area contributed by atoms with Crippen LogP contribution in [0.1, 0.15) is 46.0 Å². The third kappa shape index (κ3) is 10.4. The lowest BCUT2D eigenvalue weighted by atomic mass is 9.92. The largest absolute Gasteiger partial charge is 0.381 e. The molecule has 1 aliphatic heterocycles. The molecule has 5 nitrogen and oxygen atoms in total. The van der Waals surface area contributed by atoms with Gasteiger partial charge in [0.15, 0.2) is 0 Å². The number of amides is 1. The number of nitrogens with zero attached hydrogens (tertiary/aromatic N) is 1. The number of rotatable bonds is 10. The number of halogens is 2. The number of nitrogens with one attached hydrogen (secondary N) is 1. The minimum Gasteiger partial charge on any atom is -0.381 e. The van der Waals surface area contributed by atoms with Crippen molar-refractivity contribution in [2.45, 2.75) is 52.0 Å². The predicted molar refractivity (Wildman–Crippen MR) is 101 cm³/mol. The van der Waals surface area contributed by atoms with E-state index in [0.717, 1.165) is 58.7 Å². The van der Waals surface area contributed by atoms with Gasteiger partial charge in [0.2, 0.25) is 5.91 Å². The molecule has 0 bridgehead atoms. The van der Waals surface area contributed by atoms with Crippen molar-refractivity contribution in [3.63, 3.8) is 0 Å². The summed E-state index contributed by atoms with van der Waals surface area (Å²) in [7, 11) is 0. The fourth-order valence-electron chi connectivity index (χ4n) is 2.89. The van der Waals surface area contributed by atoms with Crippen LogP contribution in [0.5, 0.6) is 0 Å². The van der Waals surface area contributed by atoms with Crippen molar-refractivity contribution in [1.82, 2.24) is 10.2 Å². The number of ether oxygens (including phenoxy) is 1. The summed E-state index contributed by atoms with van der Waals surface area (Å²) in [6.07, 6.45) is 5.15. The van der Waals surface area contributed by atoms with E-state index in [-0.39, 0.29) is 42.7 Å². The van der Waals surface area contributed by atoms with E-state index >= 15 is 0 Å². The Hall–Kier alpha value is -0.0700. The second-order valence-electron chi connectivity index (χ2n) is 5.96. The molecule has 140 valence electrons. The fourth-order valence-corrected chi connectivity index (χ4v) is 2.89. The van der Waals surface area contributed by atoms with Crippen molar-refractivity contribution in [3.8, 4) is 0 Å². The maximum Gasteiger partial charge on any atom is 0.237 e. The Labute approximate surface area is 153 Å². The quantitative estimate of drug-likeness (QED) is 0.577. The van der Waals surface area contributed by atoms with Gasteiger partial charge in [0.25, 0.3) is 0 Å². The first kappa shape index (κ1) is 25.2. The molecule has 0 saturated carbocycles. The number of hydrogen-bond acceptors (Lipinski definition) is 4. The first-order valence-electron chi connectivity index (χ1n) is 8.52. The molecule has 1 aliphatic rings. The summed E-state index contributed by atoms with van der Waals surface area (Å²) in [5, 5.41) is 2.99. The maximum absolute atomic E-state index is 12.0. The smallest absolute Gasteiger partial charge is 0.237 e. The van der Waals surface area contributed by atoms with Crippen molar-refractivity contribution in [3.05, 3.63) is 0 Å². The molecule has 0 spiro atoms. The third-order valence-corrected chi connectivity index (χ3v) is 4.11. The first-order valence-corrected chi connectivity index (χ1v) is 8.52. The van der Waals surface area contributed by atoms with E-state index in [1.165, 1.54) is 12.8 Å². The van der Waals surface area contributed by atoms with E-state index in [1.807, 2.05) is 0 Å².